The van der Waals surface area contributed by atoms with E-state index in [1.165, 1.54) is 24.3 Å². The van der Waals surface area contributed by atoms with Crippen LogP contribution in [0.2, 0.25) is 0 Å². The highest BCUT2D eigenvalue weighted by molar-refractivity contribution is 5.82. The monoisotopic (exact) mass is 202 g/mol. The lowest BCUT2D eigenvalue weighted by Crippen LogP contribution is -1.95. The van der Waals surface area contributed by atoms with Gasteiger partial charge < -0.3 is 10.4 Å². The number of nitrogens with one attached hydrogen (secondary N) is 1. The molecule has 0 spiro atoms. The molecule has 0 aliphatic carbocycles. The Balaban J connectivity index is 3.39. The number of carbonyl (C=O) groups is 1. The molecule has 1 aromatic carbocycles. The fourth-order valence-electron chi connectivity index (χ4n) is 1.28. The summed E-state index contributed by atoms with van der Waals surface area (Å²) in [7, 11) is 1.65. The SMILES string of the molecule is CNc1c(C#N)ccc(O)c1/C=C\C=O. The number of hydrogen-bond donors (Lipinski definition) is 2. The lowest BCUT2D eigenvalue weighted by molar-refractivity contribution is -0.104. The summed E-state index contributed by atoms with van der Waals surface area (Å²) in [4.78, 5) is 10.2. The molecule has 0 saturated heterocycles. The van der Waals surface area contributed by atoms with E-state index in [9.17, 15) is 9.90 Å². The number of carbonyl (C=O) groups excluding carboxylic acids is 1. The molecule has 0 atom stereocenters. The Hall–Kier alpha value is -2.28. The van der Waals surface area contributed by atoms with Gasteiger partial charge in [0.25, 0.3) is 0 Å². The van der Waals surface area contributed by atoms with Gasteiger partial charge >= 0.3 is 0 Å². The molecule has 0 amide bonds. The number of phenolic OH excluding ortho intramolecular Hbond substituents is 1. The molecule has 0 aromatic heterocycles. The summed E-state index contributed by atoms with van der Waals surface area (Å²) in [5.74, 6) is 0.0245. The summed E-state index contributed by atoms with van der Waals surface area (Å²) in [5.41, 5.74) is 1.36. The van der Waals surface area contributed by atoms with Crippen LogP contribution < -0.4 is 5.32 Å². The van der Waals surface area contributed by atoms with E-state index in [0.29, 0.717) is 23.1 Å². The average Bonchev–Trinajstić information content (AvgIpc) is 2.27. The molecular weight excluding hydrogens is 192 g/mol. The van der Waals surface area contributed by atoms with E-state index < -0.39 is 0 Å². The molecule has 0 heterocycles. The number of phenols is 1. The summed E-state index contributed by atoms with van der Waals surface area (Å²) in [5, 5.41) is 21.2. The van der Waals surface area contributed by atoms with E-state index in [2.05, 4.69) is 5.32 Å². The van der Waals surface area contributed by atoms with Gasteiger partial charge in [-0.15, -0.1) is 0 Å². The number of allylic oxidation sites excluding steroid dienone is 1. The third-order valence-corrected chi connectivity index (χ3v) is 1.93. The lowest BCUT2D eigenvalue weighted by atomic mass is 10.1. The molecule has 15 heavy (non-hydrogen) atoms. The van der Waals surface area contributed by atoms with Gasteiger partial charge in [-0.2, -0.15) is 5.26 Å². The van der Waals surface area contributed by atoms with Crippen molar-refractivity contribution in [3.05, 3.63) is 29.3 Å². The summed E-state index contributed by atoms with van der Waals surface area (Å²) < 4.78 is 0. The highest BCUT2D eigenvalue weighted by Crippen LogP contribution is 2.29. The van der Waals surface area contributed by atoms with Gasteiger partial charge in [0.2, 0.25) is 0 Å². The maximum Gasteiger partial charge on any atom is 0.142 e. The van der Waals surface area contributed by atoms with Crippen LogP contribution in [-0.2, 0) is 4.79 Å². The zero-order chi connectivity index (χ0) is 11.3. The molecule has 0 saturated carbocycles. The van der Waals surface area contributed by atoms with Crippen LogP contribution in [0.15, 0.2) is 18.2 Å². The fraction of sp³-hybridized carbons (Fsp3) is 0.0909. The lowest BCUT2D eigenvalue weighted by Gasteiger charge is -2.08. The number of nitrogens with zero attached hydrogens (tertiary/aromatic N) is 1. The van der Waals surface area contributed by atoms with Crippen molar-refractivity contribution in [2.24, 2.45) is 0 Å². The van der Waals surface area contributed by atoms with Gasteiger partial charge in [-0.25, -0.2) is 0 Å². The van der Waals surface area contributed by atoms with Crippen molar-refractivity contribution in [1.82, 2.24) is 0 Å². The first kappa shape index (κ1) is 10.8. The zero-order valence-corrected chi connectivity index (χ0v) is 8.19. The topological polar surface area (TPSA) is 73.1 Å². The van der Waals surface area contributed by atoms with Crippen molar-refractivity contribution in [3.63, 3.8) is 0 Å². The van der Waals surface area contributed by atoms with Gasteiger partial charge in [0.1, 0.15) is 18.1 Å². The number of rotatable bonds is 3. The van der Waals surface area contributed by atoms with E-state index in [4.69, 9.17) is 5.26 Å². The van der Waals surface area contributed by atoms with E-state index in [1.54, 1.807) is 7.05 Å². The first-order valence-electron chi connectivity index (χ1n) is 4.30. The maximum atomic E-state index is 10.2. The number of benzene rings is 1. The third kappa shape index (κ3) is 2.15. The second-order valence-corrected chi connectivity index (χ2v) is 2.78. The number of anilines is 1. The minimum absolute atomic E-state index is 0.0245. The molecule has 0 aliphatic heterocycles. The zero-order valence-electron chi connectivity index (χ0n) is 8.19. The number of hydrogen-bond acceptors (Lipinski definition) is 4. The Morgan fingerprint density at radius 2 is 2.27 bits per heavy atom. The molecule has 0 fully saturated rings. The van der Waals surface area contributed by atoms with Gasteiger partial charge in [-0.1, -0.05) is 0 Å². The van der Waals surface area contributed by atoms with Gasteiger partial charge in [0.15, 0.2) is 0 Å². The second-order valence-electron chi connectivity index (χ2n) is 2.78. The molecule has 2 N–H and O–H groups in total. The summed E-state index contributed by atoms with van der Waals surface area (Å²) in [6, 6.07) is 4.93. The van der Waals surface area contributed by atoms with Crippen molar-refractivity contribution in [1.29, 1.82) is 5.26 Å². The quantitative estimate of drug-likeness (QED) is 0.575. The first-order valence-corrected chi connectivity index (χ1v) is 4.30. The largest absolute Gasteiger partial charge is 0.507 e. The van der Waals surface area contributed by atoms with Gasteiger partial charge in [0, 0.05) is 12.6 Å². The Labute approximate surface area is 87.5 Å². The summed E-state index contributed by atoms with van der Waals surface area (Å²) in [6.07, 6.45) is 3.32. The van der Waals surface area contributed by atoms with Crippen LogP contribution in [0.5, 0.6) is 5.75 Å². The predicted octanol–water partition coefficient (Wildman–Crippen LogP) is 1.52. The van der Waals surface area contributed by atoms with E-state index >= 15 is 0 Å². The average molecular weight is 202 g/mol. The van der Waals surface area contributed by atoms with Crippen LogP contribution in [0.1, 0.15) is 11.1 Å². The normalized spacial score (nSPS) is 9.87. The van der Waals surface area contributed by atoms with Crippen LogP contribution in [0.25, 0.3) is 6.08 Å². The summed E-state index contributed by atoms with van der Waals surface area (Å²) in [6.45, 7) is 0. The molecule has 1 rings (SSSR count). The van der Waals surface area contributed by atoms with Crippen molar-refractivity contribution < 1.29 is 9.90 Å². The Bertz CT molecular complexity index is 445. The fourth-order valence-corrected chi connectivity index (χ4v) is 1.28. The van der Waals surface area contributed by atoms with Crippen molar-refractivity contribution in [2.75, 3.05) is 12.4 Å². The number of aromatic hydroxyl groups is 1. The van der Waals surface area contributed by atoms with Crippen molar-refractivity contribution in [3.8, 4) is 11.8 Å². The predicted molar refractivity (Wildman–Crippen MR) is 57.5 cm³/mol. The van der Waals surface area contributed by atoms with Crippen LogP contribution in [0.3, 0.4) is 0 Å². The van der Waals surface area contributed by atoms with Crippen molar-refractivity contribution in [2.45, 2.75) is 0 Å². The van der Waals surface area contributed by atoms with Crippen LogP contribution in [-0.4, -0.2) is 18.4 Å². The van der Waals surface area contributed by atoms with E-state index in [-0.39, 0.29) is 5.75 Å². The Morgan fingerprint density at radius 1 is 1.53 bits per heavy atom. The molecular formula is C11H10N2O2. The first-order chi connectivity index (χ1) is 7.24. The molecule has 0 radical (unpaired) electrons. The minimum Gasteiger partial charge on any atom is -0.507 e. The molecule has 4 nitrogen and oxygen atoms in total. The Kier molecular flexibility index (Phi) is 3.47. The maximum absolute atomic E-state index is 10.2. The van der Waals surface area contributed by atoms with E-state index in [1.807, 2.05) is 6.07 Å². The van der Waals surface area contributed by atoms with Crippen LogP contribution >= 0.6 is 0 Å². The second kappa shape index (κ2) is 4.82. The number of nitriles is 1. The van der Waals surface area contributed by atoms with Gasteiger partial charge in [-0.3, -0.25) is 4.79 Å². The van der Waals surface area contributed by atoms with E-state index in [0.717, 1.165) is 0 Å². The molecule has 4 heteroatoms. The molecule has 0 aliphatic rings. The molecule has 1 aromatic rings. The standard InChI is InChI=1S/C11H10N2O2/c1-13-11-8(7-12)4-5-10(15)9(11)3-2-6-14/h2-6,13,15H,1H3/b3-2-. The smallest absolute Gasteiger partial charge is 0.142 e. The Morgan fingerprint density at radius 3 is 2.80 bits per heavy atom. The van der Waals surface area contributed by atoms with Gasteiger partial charge in [0.05, 0.1) is 11.3 Å². The third-order valence-electron chi connectivity index (χ3n) is 1.93. The molecule has 0 unspecified atom stereocenters. The molecule has 76 valence electrons. The highest BCUT2D eigenvalue weighted by Gasteiger charge is 2.08. The number of aldehydes is 1. The molecule has 0 bridgehead atoms. The van der Waals surface area contributed by atoms with Crippen molar-refractivity contribution >= 4 is 18.0 Å². The van der Waals surface area contributed by atoms with Gasteiger partial charge in [-0.05, 0) is 24.3 Å². The summed E-state index contributed by atoms with van der Waals surface area (Å²) >= 11 is 0. The van der Waals surface area contributed by atoms with Crippen LogP contribution in [0.4, 0.5) is 5.69 Å². The minimum atomic E-state index is 0.0245. The highest BCUT2D eigenvalue weighted by atomic mass is 16.3. The van der Waals surface area contributed by atoms with Crippen LogP contribution in [0, 0.1) is 11.3 Å².